The first-order valence-electron chi connectivity index (χ1n) is 11.9. The van der Waals surface area contributed by atoms with E-state index in [0.717, 1.165) is 46.6 Å². The fourth-order valence-corrected chi connectivity index (χ4v) is 4.82. The van der Waals surface area contributed by atoms with E-state index >= 15 is 0 Å². The Labute approximate surface area is 202 Å². The highest BCUT2D eigenvalue weighted by atomic mass is 19.1. The van der Waals surface area contributed by atoms with Crippen molar-refractivity contribution in [1.82, 2.24) is 19.9 Å². The van der Waals surface area contributed by atoms with E-state index in [0.29, 0.717) is 31.1 Å². The zero-order chi connectivity index (χ0) is 24.7. The molecule has 0 bridgehead atoms. The number of halogens is 1. The number of hydrogen-bond acceptors (Lipinski definition) is 6. The summed E-state index contributed by atoms with van der Waals surface area (Å²) < 4.78 is 15.4. The van der Waals surface area contributed by atoms with Gasteiger partial charge in [-0.2, -0.15) is 0 Å². The molecule has 3 aromatic rings. The van der Waals surface area contributed by atoms with Gasteiger partial charge in [0.2, 0.25) is 5.91 Å². The van der Waals surface area contributed by atoms with E-state index in [2.05, 4.69) is 20.6 Å². The third kappa shape index (κ3) is 4.76. The first kappa shape index (κ1) is 23.0. The molecule has 0 spiro atoms. The fraction of sp³-hybridized carbons (Fsp3) is 0.385. The Balaban J connectivity index is 1.40. The number of carbonyl (C=O) groups is 1. The number of nitrogen functional groups attached to an aromatic ring is 1. The second-order valence-corrected chi connectivity index (χ2v) is 9.49. The summed E-state index contributed by atoms with van der Waals surface area (Å²) in [4.78, 5) is 35.5. The Morgan fingerprint density at radius 2 is 1.94 bits per heavy atom. The van der Waals surface area contributed by atoms with Crippen LogP contribution >= 0.6 is 0 Å². The molecule has 1 amide bonds. The molecule has 1 aromatic carbocycles. The standard InChI is InChI=1S/C26H29FN6O2/c1-14-9-16(11-19(27)10-14)12-29-24-26(35)33-20(23(32-24)17-3-4-17)6-7-21(33)25(34)30-13-18-5-8-22(28)31-15(18)2/h5,8-11,17,21H,3-4,6-7,12-13H2,1-2H3,(H2,28,31)(H,29,32)(H,30,34). The highest BCUT2D eigenvalue weighted by molar-refractivity contribution is 5.81. The molecule has 8 nitrogen and oxygen atoms in total. The molecule has 3 heterocycles. The first-order chi connectivity index (χ1) is 16.8. The number of nitrogens with one attached hydrogen (secondary N) is 2. The molecule has 0 saturated heterocycles. The van der Waals surface area contributed by atoms with Crippen LogP contribution in [0.1, 0.15) is 65.0 Å². The molecule has 1 aliphatic carbocycles. The molecule has 0 radical (unpaired) electrons. The van der Waals surface area contributed by atoms with E-state index in [1.54, 1.807) is 10.6 Å². The van der Waals surface area contributed by atoms with Crippen molar-refractivity contribution >= 4 is 17.5 Å². The molecule has 1 atom stereocenters. The lowest BCUT2D eigenvalue weighted by Crippen LogP contribution is -2.37. The van der Waals surface area contributed by atoms with Crippen molar-refractivity contribution in [3.05, 3.63) is 80.3 Å². The minimum Gasteiger partial charge on any atom is -0.384 e. The number of carbonyl (C=O) groups excluding carboxylic acids is 1. The second kappa shape index (κ2) is 9.13. The van der Waals surface area contributed by atoms with E-state index in [1.165, 1.54) is 12.1 Å². The molecule has 9 heteroatoms. The summed E-state index contributed by atoms with van der Waals surface area (Å²) in [5.74, 6) is 0.432. The van der Waals surface area contributed by atoms with Crippen LogP contribution in [0.25, 0.3) is 0 Å². The van der Waals surface area contributed by atoms with Gasteiger partial charge in [-0.05, 0) is 74.4 Å². The van der Waals surface area contributed by atoms with Crippen LogP contribution < -0.4 is 21.9 Å². The van der Waals surface area contributed by atoms with Crippen LogP contribution in [-0.4, -0.2) is 20.4 Å². The Morgan fingerprint density at radius 1 is 1.14 bits per heavy atom. The van der Waals surface area contributed by atoms with Crippen LogP contribution in [0.5, 0.6) is 0 Å². The molecule has 182 valence electrons. The van der Waals surface area contributed by atoms with Gasteiger partial charge in [-0.3, -0.25) is 14.2 Å². The third-order valence-electron chi connectivity index (χ3n) is 6.70. The van der Waals surface area contributed by atoms with Crippen LogP contribution in [0.3, 0.4) is 0 Å². The van der Waals surface area contributed by atoms with Crippen LogP contribution in [-0.2, 0) is 24.3 Å². The van der Waals surface area contributed by atoms with Crippen LogP contribution in [0, 0.1) is 19.7 Å². The van der Waals surface area contributed by atoms with Crippen LogP contribution in [0.4, 0.5) is 16.0 Å². The maximum Gasteiger partial charge on any atom is 0.294 e. The summed E-state index contributed by atoms with van der Waals surface area (Å²) in [6.07, 6.45) is 3.24. The van der Waals surface area contributed by atoms with Gasteiger partial charge in [-0.25, -0.2) is 14.4 Å². The monoisotopic (exact) mass is 476 g/mol. The summed E-state index contributed by atoms with van der Waals surface area (Å²) in [5, 5.41) is 6.07. The molecular weight excluding hydrogens is 447 g/mol. The lowest BCUT2D eigenvalue weighted by atomic mass is 10.1. The maximum absolute atomic E-state index is 13.8. The number of rotatable bonds is 7. The summed E-state index contributed by atoms with van der Waals surface area (Å²) in [5.41, 5.74) is 10.3. The zero-order valence-corrected chi connectivity index (χ0v) is 19.9. The van der Waals surface area contributed by atoms with Gasteiger partial charge >= 0.3 is 0 Å². The Kier molecular flexibility index (Phi) is 6.00. The number of aromatic nitrogens is 3. The smallest absolute Gasteiger partial charge is 0.294 e. The number of fused-ring (bicyclic) bond motifs is 1. The fourth-order valence-electron chi connectivity index (χ4n) is 4.82. The van der Waals surface area contributed by atoms with Gasteiger partial charge in [0.25, 0.3) is 5.56 Å². The number of anilines is 2. The molecule has 2 aromatic heterocycles. The molecule has 1 fully saturated rings. The molecule has 1 saturated carbocycles. The lowest BCUT2D eigenvalue weighted by Gasteiger charge is -2.18. The maximum atomic E-state index is 13.8. The van der Waals surface area contributed by atoms with Crippen molar-refractivity contribution < 1.29 is 9.18 Å². The van der Waals surface area contributed by atoms with Gasteiger partial charge in [0.1, 0.15) is 17.7 Å². The SMILES string of the molecule is Cc1cc(F)cc(CNc2nc(C3CC3)c3n(c2=O)C(C(=O)NCc2ccc(N)nc2C)CC3)c1. The van der Waals surface area contributed by atoms with Gasteiger partial charge in [0.15, 0.2) is 5.82 Å². The number of hydrogen-bond donors (Lipinski definition) is 3. The normalized spacial score (nSPS) is 16.7. The van der Waals surface area contributed by atoms with Crippen molar-refractivity contribution in [3.63, 3.8) is 0 Å². The Morgan fingerprint density at radius 3 is 2.66 bits per heavy atom. The topological polar surface area (TPSA) is 115 Å². The van der Waals surface area contributed by atoms with Crippen LogP contribution in [0.15, 0.2) is 35.1 Å². The third-order valence-corrected chi connectivity index (χ3v) is 6.70. The summed E-state index contributed by atoms with van der Waals surface area (Å²) in [6, 6.07) is 7.72. The number of aryl methyl sites for hydroxylation is 2. The van der Waals surface area contributed by atoms with Gasteiger partial charge in [-0.1, -0.05) is 12.1 Å². The van der Waals surface area contributed by atoms with E-state index in [-0.39, 0.29) is 29.6 Å². The summed E-state index contributed by atoms with van der Waals surface area (Å²) in [7, 11) is 0. The van der Waals surface area contributed by atoms with Crippen molar-refractivity contribution in [1.29, 1.82) is 0 Å². The predicted octanol–water partition coefficient (Wildman–Crippen LogP) is 3.27. The van der Waals surface area contributed by atoms with Crippen molar-refractivity contribution in [2.75, 3.05) is 11.1 Å². The van der Waals surface area contributed by atoms with E-state index in [9.17, 15) is 14.0 Å². The number of benzene rings is 1. The van der Waals surface area contributed by atoms with E-state index in [1.807, 2.05) is 26.0 Å². The highest BCUT2D eigenvalue weighted by Crippen LogP contribution is 2.43. The highest BCUT2D eigenvalue weighted by Gasteiger charge is 2.37. The predicted molar refractivity (Wildman–Crippen MR) is 132 cm³/mol. The molecule has 4 N–H and O–H groups in total. The van der Waals surface area contributed by atoms with Crippen molar-refractivity contribution in [2.45, 2.75) is 64.6 Å². The first-order valence-corrected chi connectivity index (χ1v) is 11.9. The van der Waals surface area contributed by atoms with Crippen molar-refractivity contribution in [3.8, 4) is 0 Å². The average molecular weight is 477 g/mol. The largest absolute Gasteiger partial charge is 0.384 e. The summed E-state index contributed by atoms with van der Waals surface area (Å²) >= 11 is 0. The average Bonchev–Trinajstić information content (AvgIpc) is 3.54. The molecular formula is C26H29FN6O2. The molecule has 1 aliphatic heterocycles. The number of amides is 1. The Bertz CT molecular complexity index is 1340. The minimum atomic E-state index is -0.600. The van der Waals surface area contributed by atoms with E-state index in [4.69, 9.17) is 5.73 Å². The molecule has 2 aliphatic rings. The van der Waals surface area contributed by atoms with Gasteiger partial charge < -0.3 is 16.4 Å². The Hall–Kier alpha value is -3.75. The minimum absolute atomic E-state index is 0.204. The van der Waals surface area contributed by atoms with Gasteiger partial charge in [0, 0.05) is 30.4 Å². The van der Waals surface area contributed by atoms with Gasteiger partial charge in [-0.15, -0.1) is 0 Å². The number of nitrogens with zero attached hydrogens (tertiary/aromatic N) is 3. The van der Waals surface area contributed by atoms with Crippen molar-refractivity contribution in [2.24, 2.45) is 0 Å². The zero-order valence-electron chi connectivity index (χ0n) is 19.9. The second-order valence-electron chi connectivity index (χ2n) is 9.49. The molecule has 1 unspecified atom stereocenters. The van der Waals surface area contributed by atoms with E-state index < -0.39 is 6.04 Å². The summed E-state index contributed by atoms with van der Waals surface area (Å²) in [6.45, 7) is 4.25. The molecule has 35 heavy (non-hydrogen) atoms. The quantitative estimate of drug-likeness (QED) is 0.482. The van der Waals surface area contributed by atoms with Crippen LogP contribution in [0.2, 0.25) is 0 Å². The number of nitrogens with two attached hydrogens (primary N) is 1. The lowest BCUT2D eigenvalue weighted by molar-refractivity contribution is -0.124. The molecule has 5 rings (SSSR count). The van der Waals surface area contributed by atoms with Gasteiger partial charge in [0.05, 0.1) is 5.69 Å². The number of pyridine rings is 1.